The minimum atomic E-state index is -0.0783. The molecule has 1 aliphatic rings. The summed E-state index contributed by atoms with van der Waals surface area (Å²) >= 11 is 0. The topological polar surface area (TPSA) is 120 Å². The number of piperidine rings is 1. The molecule has 37 heavy (non-hydrogen) atoms. The van der Waals surface area contributed by atoms with Gasteiger partial charge in [0.15, 0.2) is 5.78 Å². The fraction of sp³-hybridized carbons (Fsp3) is 0.444. The van der Waals surface area contributed by atoms with Gasteiger partial charge in [0.05, 0.1) is 29.7 Å². The van der Waals surface area contributed by atoms with Crippen LogP contribution < -0.4 is 11.0 Å². The standard InChI is InChI=1S/C19H28N4O3.C8H8NO.Y/c1-13(2)22-8-6-14(7-9-22)18-20-17-5-4-15(21-25)12-16(17)19(24)23(18)10-11-26-3;1-6(10)7-3-2-4-8(9)5-7;/h4-5,12-14,21,25H,6-11H2,1-3H3;2-5,9H,1H3;/q;-1;. The van der Waals surface area contributed by atoms with Crippen molar-refractivity contribution in [3.8, 4) is 0 Å². The summed E-state index contributed by atoms with van der Waals surface area (Å²) in [6.45, 7) is 8.92. The predicted molar refractivity (Wildman–Crippen MR) is 142 cm³/mol. The maximum Gasteiger partial charge on any atom is 0.261 e. The monoisotopic (exact) mass is 583 g/mol. The number of ketones is 1. The van der Waals surface area contributed by atoms with Crippen molar-refractivity contribution in [1.29, 1.82) is 0 Å². The van der Waals surface area contributed by atoms with Crippen LogP contribution in [0.2, 0.25) is 0 Å². The zero-order chi connectivity index (χ0) is 26.2. The summed E-state index contributed by atoms with van der Waals surface area (Å²) in [7, 11) is 1.63. The summed E-state index contributed by atoms with van der Waals surface area (Å²) in [6.07, 6.45) is 2.00. The van der Waals surface area contributed by atoms with E-state index in [-0.39, 0.29) is 50.0 Å². The number of anilines is 1. The Morgan fingerprint density at radius 3 is 2.46 bits per heavy atom. The van der Waals surface area contributed by atoms with Gasteiger partial charge >= 0.3 is 0 Å². The van der Waals surface area contributed by atoms with Crippen molar-refractivity contribution in [2.45, 2.75) is 52.1 Å². The van der Waals surface area contributed by atoms with Gasteiger partial charge in [-0.1, -0.05) is 24.3 Å². The van der Waals surface area contributed by atoms with E-state index in [1.54, 1.807) is 54.1 Å². The SMILES string of the molecule is CC(=O)c1cccc([NH-])c1.COCCn1c(C2CCN(C(C)C)CC2)nc2ccc(NO)cc2c1=O.[Y]. The molecule has 2 heterocycles. The number of methoxy groups -OCH3 is 1. The second-order valence-electron chi connectivity index (χ2n) is 9.30. The summed E-state index contributed by atoms with van der Waals surface area (Å²) in [5, 5.41) is 9.63. The molecule has 4 rings (SSSR count). The Morgan fingerprint density at radius 2 is 1.92 bits per heavy atom. The smallest absolute Gasteiger partial charge is 0.261 e. The second kappa shape index (κ2) is 14.7. The van der Waals surface area contributed by atoms with E-state index in [4.69, 9.17) is 20.7 Å². The Kier molecular flexibility index (Phi) is 12.3. The molecule has 0 saturated carbocycles. The van der Waals surface area contributed by atoms with Crippen LogP contribution in [-0.2, 0) is 44.0 Å². The van der Waals surface area contributed by atoms with Crippen LogP contribution in [-0.4, -0.2) is 58.3 Å². The van der Waals surface area contributed by atoms with Gasteiger partial charge in [-0.3, -0.25) is 24.8 Å². The minimum Gasteiger partial charge on any atom is -0.699 e. The van der Waals surface area contributed by atoms with E-state index in [0.717, 1.165) is 31.8 Å². The number of rotatable bonds is 7. The first-order valence-corrected chi connectivity index (χ1v) is 12.2. The van der Waals surface area contributed by atoms with Crippen LogP contribution in [0.15, 0.2) is 47.3 Å². The average Bonchev–Trinajstić information content (AvgIpc) is 2.88. The van der Waals surface area contributed by atoms with Gasteiger partial charge in [0.25, 0.3) is 5.56 Å². The van der Waals surface area contributed by atoms with Crippen LogP contribution in [0, 0.1) is 0 Å². The second-order valence-corrected chi connectivity index (χ2v) is 9.30. The quantitative estimate of drug-likeness (QED) is 0.297. The van der Waals surface area contributed by atoms with E-state index in [9.17, 15) is 9.59 Å². The molecule has 2 aromatic carbocycles. The molecule has 1 radical (unpaired) electrons. The van der Waals surface area contributed by atoms with Gasteiger partial charge < -0.3 is 15.4 Å². The first-order chi connectivity index (χ1) is 17.2. The molecule has 1 aliphatic heterocycles. The van der Waals surface area contributed by atoms with Crippen molar-refractivity contribution in [3.05, 3.63) is 69.9 Å². The van der Waals surface area contributed by atoms with Gasteiger partial charge in [0.1, 0.15) is 5.82 Å². The number of nitrogens with zero attached hydrogens (tertiary/aromatic N) is 3. The van der Waals surface area contributed by atoms with Crippen LogP contribution in [0.4, 0.5) is 11.4 Å². The summed E-state index contributed by atoms with van der Waals surface area (Å²) in [6, 6.07) is 12.3. The van der Waals surface area contributed by atoms with Crippen molar-refractivity contribution >= 4 is 28.1 Å². The van der Waals surface area contributed by atoms with Crippen LogP contribution in [0.1, 0.15) is 55.7 Å². The van der Waals surface area contributed by atoms with Gasteiger partial charge in [-0.05, 0) is 64.9 Å². The molecule has 9 nitrogen and oxygen atoms in total. The first-order valence-electron chi connectivity index (χ1n) is 12.2. The number of aromatic nitrogens is 2. The molecule has 0 amide bonds. The van der Waals surface area contributed by atoms with Crippen LogP contribution in [0.3, 0.4) is 0 Å². The summed E-state index contributed by atoms with van der Waals surface area (Å²) in [5.41, 5.74) is 11.3. The van der Waals surface area contributed by atoms with Crippen molar-refractivity contribution in [2.75, 3.05) is 32.3 Å². The third-order valence-electron chi connectivity index (χ3n) is 6.53. The number of hydrogen-bond donors (Lipinski definition) is 2. The summed E-state index contributed by atoms with van der Waals surface area (Å²) in [4.78, 5) is 31.1. The van der Waals surface area contributed by atoms with Crippen molar-refractivity contribution in [1.82, 2.24) is 14.5 Å². The molecular weight excluding hydrogens is 547 g/mol. The Morgan fingerprint density at radius 1 is 1.22 bits per heavy atom. The largest absolute Gasteiger partial charge is 0.699 e. The van der Waals surface area contributed by atoms with E-state index in [0.29, 0.717) is 47.0 Å². The predicted octanol–water partition coefficient (Wildman–Crippen LogP) is 5.00. The van der Waals surface area contributed by atoms with Crippen molar-refractivity contribution in [2.24, 2.45) is 0 Å². The molecule has 197 valence electrons. The zero-order valence-electron chi connectivity index (χ0n) is 22.0. The maximum absolute atomic E-state index is 13.1. The van der Waals surface area contributed by atoms with Crippen molar-refractivity contribution in [3.63, 3.8) is 0 Å². The van der Waals surface area contributed by atoms with Crippen molar-refractivity contribution < 1.29 is 47.4 Å². The molecule has 1 aromatic heterocycles. The molecule has 0 bridgehead atoms. The Hall–Kier alpha value is -2.17. The number of hydrogen-bond acceptors (Lipinski definition) is 7. The summed E-state index contributed by atoms with van der Waals surface area (Å²) < 4.78 is 6.95. The van der Waals surface area contributed by atoms with E-state index >= 15 is 0 Å². The first kappa shape index (κ1) is 31.1. The zero-order valence-corrected chi connectivity index (χ0v) is 24.9. The molecule has 0 unspecified atom stereocenters. The molecule has 1 fully saturated rings. The van der Waals surface area contributed by atoms with Crippen LogP contribution in [0.25, 0.3) is 16.6 Å². The van der Waals surface area contributed by atoms with E-state index in [2.05, 4.69) is 24.2 Å². The molecule has 3 N–H and O–H groups in total. The molecule has 10 heteroatoms. The van der Waals surface area contributed by atoms with E-state index in [1.165, 1.54) is 6.92 Å². The molecule has 0 spiro atoms. The molecule has 1 saturated heterocycles. The average molecular weight is 584 g/mol. The van der Waals surface area contributed by atoms with E-state index < -0.39 is 0 Å². The molecule has 0 atom stereocenters. The van der Waals surface area contributed by atoms with Gasteiger partial charge in [-0.15, -0.1) is 5.69 Å². The van der Waals surface area contributed by atoms with Gasteiger partial charge in [-0.2, -0.15) is 0 Å². The number of carbonyl (C=O) groups excluding carboxylic acids is 1. The Balaban J connectivity index is 0.000000369. The van der Waals surface area contributed by atoms with Gasteiger partial charge in [0, 0.05) is 57.3 Å². The number of benzene rings is 2. The number of Topliss-reactive ketones (excluding diaryl/α,β-unsaturated/α-hetero) is 1. The number of likely N-dealkylation sites (tertiary alicyclic amines) is 1. The fourth-order valence-electron chi connectivity index (χ4n) is 4.43. The molecule has 3 aromatic rings. The minimum absolute atomic E-state index is 0. The Bertz CT molecular complexity index is 1240. The number of nitrogens with one attached hydrogen (secondary N) is 2. The third-order valence-corrected chi connectivity index (χ3v) is 6.53. The number of carbonyl (C=O) groups is 1. The Labute approximate surface area is 243 Å². The van der Waals surface area contributed by atoms with Gasteiger partial charge in [0.2, 0.25) is 0 Å². The fourth-order valence-corrected chi connectivity index (χ4v) is 4.43. The molecular formula is C27H36N5O4Y-. The van der Waals surface area contributed by atoms with Crippen LogP contribution in [0.5, 0.6) is 0 Å². The summed E-state index contributed by atoms with van der Waals surface area (Å²) in [5.74, 6) is 1.14. The van der Waals surface area contributed by atoms with E-state index in [1.807, 2.05) is 0 Å². The van der Waals surface area contributed by atoms with Gasteiger partial charge in [-0.25, -0.2) is 4.98 Å². The number of ether oxygens (including phenoxy) is 1. The maximum atomic E-state index is 13.1. The molecule has 0 aliphatic carbocycles. The normalized spacial score (nSPS) is 14.1. The van der Waals surface area contributed by atoms with Crippen LogP contribution >= 0.6 is 0 Å². The number of fused-ring (bicyclic) bond motifs is 1. The third kappa shape index (κ3) is 8.16.